The van der Waals surface area contributed by atoms with Gasteiger partial charge in [0.15, 0.2) is 11.6 Å². The van der Waals surface area contributed by atoms with E-state index >= 15 is 0 Å². The zero-order valence-corrected chi connectivity index (χ0v) is 21.8. The Morgan fingerprint density at radius 3 is 1.23 bits per heavy atom. The third kappa shape index (κ3) is 6.70. The molecule has 5 heteroatoms. The summed E-state index contributed by atoms with van der Waals surface area (Å²) < 4.78 is 12.0. The molecule has 5 nitrogen and oxygen atoms in total. The van der Waals surface area contributed by atoms with Crippen molar-refractivity contribution in [2.24, 2.45) is 0 Å². The molecule has 0 aliphatic rings. The zero-order chi connectivity index (χ0) is 27.7. The van der Waals surface area contributed by atoms with E-state index < -0.39 is 0 Å². The van der Waals surface area contributed by atoms with E-state index in [0.717, 1.165) is 11.1 Å². The van der Waals surface area contributed by atoms with Crippen molar-refractivity contribution < 1.29 is 24.2 Å². The van der Waals surface area contributed by atoms with E-state index in [4.69, 9.17) is 9.47 Å². The molecule has 0 aromatic heterocycles. The van der Waals surface area contributed by atoms with E-state index in [1.807, 2.05) is 60.7 Å². The number of hydrogen-bond acceptors (Lipinski definition) is 5. The molecule has 40 heavy (non-hydrogen) atoms. The van der Waals surface area contributed by atoms with E-state index in [1.54, 1.807) is 66.7 Å². The van der Waals surface area contributed by atoms with Crippen LogP contribution in [0.25, 0.3) is 0 Å². The molecular formula is C35H28O5. The molecule has 5 aromatic rings. The molecule has 0 radical (unpaired) electrons. The standard InChI is InChI=1S/C35H28O5/c36-22-27-19-32(39-23-25-11-15-30(16-12-25)34(37)28-7-3-1-4-8-28)21-33(20-27)40-24-26-13-17-31(18-14-26)35(38)29-9-5-2-6-10-29/h1-21,36H,22-24H2. The Hall–Kier alpha value is -5.00. The van der Waals surface area contributed by atoms with Crippen molar-refractivity contribution in [2.75, 3.05) is 0 Å². The van der Waals surface area contributed by atoms with E-state index in [0.29, 0.717) is 52.5 Å². The molecular weight excluding hydrogens is 500 g/mol. The number of ketones is 2. The van der Waals surface area contributed by atoms with Crippen molar-refractivity contribution in [2.45, 2.75) is 19.8 Å². The Balaban J connectivity index is 1.19. The molecule has 0 unspecified atom stereocenters. The lowest BCUT2D eigenvalue weighted by Gasteiger charge is -2.12. The first-order chi connectivity index (χ1) is 19.6. The second-order valence-corrected chi connectivity index (χ2v) is 9.33. The van der Waals surface area contributed by atoms with Crippen LogP contribution in [0.5, 0.6) is 11.5 Å². The number of benzene rings is 5. The minimum absolute atomic E-state index is 0.0251. The SMILES string of the molecule is O=C(c1ccccc1)c1ccc(COc2cc(CO)cc(OCc3ccc(C(=O)c4ccccc4)cc3)c2)cc1. The van der Waals surface area contributed by atoms with Crippen LogP contribution in [0.4, 0.5) is 0 Å². The van der Waals surface area contributed by atoms with Crippen LogP contribution in [-0.2, 0) is 19.8 Å². The van der Waals surface area contributed by atoms with E-state index in [2.05, 4.69) is 0 Å². The van der Waals surface area contributed by atoms with Crippen molar-refractivity contribution in [3.8, 4) is 11.5 Å². The smallest absolute Gasteiger partial charge is 0.193 e. The van der Waals surface area contributed by atoms with Crippen LogP contribution in [0.1, 0.15) is 48.5 Å². The van der Waals surface area contributed by atoms with Gasteiger partial charge in [0, 0.05) is 28.3 Å². The monoisotopic (exact) mass is 528 g/mol. The van der Waals surface area contributed by atoms with Crippen molar-refractivity contribution in [3.05, 3.63) is 166 Å². The molecule has 0 atom stereocenters. The average Bonchev–Trinajstić information content (AvgIpc) is 3.03. The van der Waals surface area contributed by atoms with E-state index in [9.17, 15) is 14.7 Å². The van der Waals surface area contributed by atoms with Crippen LogP contribution in [0.15, 0.2) is 127 Å². The molecule has 5 aromatic carbocycles. The first kappa shape index (κ1) is 26.6. The number of aliphatic hydroxyl groups is 1. The summed E-state index contributed by atoms with van der Waals surface area (Å²) in [5.41, 5.74) is 5.02. The van der Waals surface area contributed by atoms with Gasteiger partial charge in [0.1, 0.15) is 24.7 Å². The molecule has 0 amide bonds. The lowest BCUT2D eigenvalue weighted by molar-refractivity contribution is 0.103. The van der Waals surface area contributed by atoms with Gasteiger partial charge in [-0.2, -0.15) is 0 Å². The predicted molar refractivity (Wildman–Crippen MR) is 154 cm³/mol. The fourth-order valence-corrected chi connectivity index (χ4v) is 4.24. The largest absolute Gasteiger partial charge is 0.489 e. The van der Waals surface area contributed by atoms with Gasteiger partial charge in [-0.25, -0.2) is 0 Å². The normalized spacial score (nSPS) is 10.6. The molecule has 0 heterocycles. The average molecular weight is 529 g/mol. The fourth-order valence-electron chi connectivity index (χ4n) is 4.24. The van der Waals surface area contributed by atoms with Crippen molar-refractivity contribution in [1.82, 2.24) is 0 Å². The second kappa shape index (κ2) is 12.7. The quantitative estimate of drug-likeness (QED) is 0.191. The lowest BCUT2D eigenvalue weighted by Crippen LogP contribution is -2.03. The fraction of sp³-hybridized carbons (Fsp3) is 0.0857. The summed E-state index contributed by atoms with van der Waals surface area (Å²) in [5.74, 6) is 1.08. The van der Waals surface area contributed by atoms with Crippen molar-refractivity contribution in [3.63, 3.8) is 0 Å². The Morgan fingerprint density at radius 2 is 0.850 bits per heavy atom. The molecule has 198 valence electrons. The Morgan fingerprint density at radius 1 is 0.475 bits per heavy atom. The summed E-state index contributed by atoms with van der Waals surface area (Å²) in [6, 6.07) is 38.3. The van der Waals surface area contributed by atoms with Gasteiger partial charge in [-0.3, -0.25) is 9.59 Å². The molecule has 0 bridgehead atoms. The molecule has 0 fully saturated rings. The minimum Gasteiger partial charge on any atom is -0.489 e. The second-order valence-electron chi connectivity index (χ2n) is 9.33. The summed E-state index contributed by atoms with van der Waals surface area (Å²) in [4.78, 5) is 25.3. The zero-order valence-electron chi connectivity index (χ0n) is 21.8. The molecule has 0 saturated heterocycles. The van der Waals surface area contributed by atoms with Gasteiger partial charge in [0.25, 0.3) is 0 Å². The Labute approximate surface area is 233 Å². The highest BCUT2D eigenvalue weighted by Gasteiger charge is 2.10. The van der Waals surface area contributed by atoms with E-state index in [-0.39, 0.29) is 18.2 Å². The van der Waals surface area contributed by atoms with Crippen LogP contribution in [0.3, 0.4) is 0 Å². The topological polar surface area (TPSA) is 72.8 Å². The maximum absolute atomic E-state index is 12.6. The molecule has 5 rings (SSSR count). The van der Waals surface area contributed by atoms with Gasteiger partial charge < -0.3 is 14.6 Å². The van der Waals surface area contributed by atoms with Gasteiger partial charge in [-0.15, -0.1) is 0 Å². The van der Waals surface area contributed by atoms with Crippen LogP contribution >= 0.6 is 0 Å². The van der Waals surface area contributed by atoms with E-state index in [1.165, 1.54) is 0 Å². The lowest BCUT2D eigenvalue weighted by atomic mass is 10.0. The summed E-state index contributed by atoms with van der Waals surface area (Å²) in [6.45, 7) is 0.441. The Bertz CT molecular complexity index is 1460. The third-order valence-corrected chi connectivity index (χ3v) is 6.44. The van der Waals surface area contributed by atoms with Crippen molar-refractivity contribution >= 4 is 11.6 Å². The van der Waals surface area contributed by atoms with Gasteiger partial charge in [0.2, 0.25) is 0 Å². The minimum atomic E-state index is -0.153. The third-order valence-electron chi connectivity index (χ3n) is 6.44. The first-order valence-electron chi connectivity index (χ1n) is 13.0. The highest BCUT2D eigenvalue weighted by atomic mass is 16.5. The number of ether oxygens (including phenoxy) is 2. The van der Waals surface area contributed by atoms with Crippen molar-refractivity contribution in [1.29, 1.82) is 0 Å². The molecule has 1 N–H and O–H groups in total. The summed E-state index contributed by atoms with van der Waals surface area (Å²) in [6.07, 6.45) is 0. The van der Waals surface area contributed by atoms with Crippen LogP contribution in [-0.4, -0.2) is 16.7 Å². The Kier molecular flexibility index (Phi) is 8.44. The molecule has 0 aliphatic carbocycles. The van der Waals surface area contributed by atoms with Crippen LogP contribution in [0.2, 0.25) is 0 Å². The maximum Gasteiger partial charge on any atom is 0.193 e. The summed E-state index contributed by atoms with van der Waals surface area (Å²) in [5, 5.41) is 9.74. The summed E-state index contributed by atoms with van der Waals surface area (Å²) >= 11 is 0. The number of hydrogen-bond donors (Lipinski definition) is 1. The number of aliphatic hydroxyl groups excluding tert-OH is 1. The van der Waals surface area contributed by atoms with Crippen LogP contribution < -0.4 is 9.47 Å². The summed E-state index contributed by atoms with van der Waals surface area (Å²) in [7, 11) is 0. The van der Waals surface area contributed by atoms with Gasteiger partial charge in [0.05, 0.1) is 6.61 Å². The number of carbonyl (C=O) groups excluding carboxylic acids is 2. The maximum atomic E-state index is 12.6. The first-order valence-corrected chi connectivity index (χ1v) is 13.0. The highest BCUT2D eigenvalue weighted by Crippen LogP contribution is 2.25. The van der Waals surface area contributed by atoms with Crippen LogP contribution in [0, 0.1) is 0 Å². The molecule has 0 spiro atoms. The number of carbonyl (C=O) groups is 2. The van der Waals surface area contributed by atoms with Gasteiger partial charge in [-0.1, -0.05) is 109 Å². The molecule has 0 saturated carbocycles. The van der Waals surface area contributed by atoms with Gasteiger partial charge >= 0.3 is 0 Å². The predicted octanol–water partition coefficient (Wildman–Crippen LogP) is 6.80. The van der Waals surface area contributed by atoms with Gasteiger partial charge in [-0.05, 0) is 28.8 Å². The molecule has 0 aliphatic heterocycles. The number of rotatable bonds is 11. The highest BCUT2D eigenvalue weighted by molar-refractivity contribution is 6.09.